The van der Waals surface area contributed by atoms with Crippen LogP contribution in [-0.2, 0) is 0 Å². The summed E-state index contributed by atoms with van der Waals surface area (Å²) in [4.78, 5) is 0. The van der Waals surface area contributed by atoms with E-state index in [0.29, 0.717) is 11.6 Å². The maximum absolute atomic E-state index is 12.9. The summed E-state index contributed by atoms with van der Waals surface area (Å²) in [6, 6.07) is 1.25. The Hall–Kier alpha value is -2.51. The highest BCUT2D eigenvalue weighted by molar-refractivity contribution is 5.79. The number of rotatable bonds is 6. The number of nitrogens with one attached hydrogen (secondary N) is 1. The Morgan fingerprint density at radius 2 is 1.65 bits per heavy atom. The molecule has 0 heterocycles. The molecule has 1 aromatic rings. The van der Waals surface area contributed by atoms with Gasteiger partial charge < -0.3 is 4.74 Å². The highest BCUT2D eigenvalue weighted by atomic mass is 19.4. The van der Waals surface area contributed by atoms with Gasteiger partial charge in [-0.1, -0.05) is 0 Å². The topological polar surface area (TPSA) is 57.4 Å². The third-order valence-electron chi connectivity index (χ3n) is 2.35. The molecule has 1 N–H and O–H groups in total. The van der Waals surface area contributed by atoms with Crippen molar-refractivity contribution in [1.82, 2.24) is 5.43 Å². The van der Waals surface area contributed by atoms with Gasteiger partial charge in [0.15, 0.2) is 6.61 Å². The van der Waals surface area contributed by atoms with E-state index in [1.54, 1.807) is 6.07 Å². The van der Waals surface area contributed by atoms with Crippen LogP contribution in [0.15, 0.2) is 29.4 Å². The van der Waals surface area contributed by atoms with Crippen LogP contribution < -0.4 is 10.2 Å². The monoisotopic (exact) mass is 343 g/mol. The predicted molar refractivity (Wildman–Crippen MR) is 64.2 cm³/mol. The molecular weight excluding hydrogens is 335 g/mol. The van der Waals surface area contributed by atoms with Crippen molar-refractivity contribution in [1.29, 1.82) is 5.26 Å². The van der Waals surface area contributed by atoms with Crippen LogP contribution in [0.2, 0.25) is 0 Å². The molecule has 0 saturated carbocycles. The molecule has 0 radical (unpaired) electrons. The summed E-state index contributed by atoms with van der Waals surface area (Å²) in [7, 11) is 0. The molecular formula is C12H8F7N3O. The fourth-order valence-corrected chi connectivity index (χ4v) is 1.20. The lowest BCUT2D eigenvalue weighted by molar-refractivity contribution is -0.361. The Morgan fingerprint density at radius 3 is 2.13 bits per heavy atom. The van der Waals surface area contributed by atoms with Crippen molar-refractivity contribution in [2.75, 3.05) is 6.61 Å². The summed E-state index contributed by atoms with van der Waals surface area (Å²) in [6.07, 6.45) is -5.81. The summed E-state index contributed by atoms with van der Waals surface area (Å²) in [5.74, 6) is -6.02. The largest absolute Gasteiger partial charge is 0.479 e. The summed E-state index contributed by atoms with van der Waals surface area (Å²) in [5.41, 5.74) is 0.613. The van der Waals surface area contributed by atoms with Gasteiger partial charge >= 0.3 is 18.1 Å². The molecule has 4 nitrogen and oxygen atoms in total. The number of nitrogens with zero attached hydrogens (tertiary/aromatic N) is 2. The normalized spacial score (nSPS) is 13.0. The van der Waals surface area contributed by atoms with Crippen LogP contribution in [0.3, 0.4) is 0 Å². The van der Waals surface area contributed by atoms with E-state index >= 15 is 0 Å². The molecule has 1 aromatic carbocycles. The van der Waals surface area contributed by atoms with E-state index < -0.39 is 18.1 Å². The number of nitriles is 1. The van der Waals surface area contributed by atoms with E-state index in [9.17, 15) is 30.7 Å². The molecule has 0 aliphatic rings. The zero-order valence-corrected chi connectivity index (χ0v) is 11.0. The van der Waals surface area contributed by atoms with Gasteiger partial charge in [0, 0.05) is 0 Å². The lowest BCUT2D eigenvalue weighted by atomic mass is 10.2. The van der Waals surface area contributed by atoms with Crippen molar-refractivity contribution < 1.29 is 35.5 Å². The quantitative estimate of drug-likeness (QED) is 0.373. The minimum Gasteiger partial charge on any atom is -0.479 e. The molecule has 11 heteroatoms. The first-order valence-electron chi connectivity index (χ1n) is 5.73. The van der Waals surface area contributed by atoms with Crippen molar-refractivity contribution in [2.24, 2.45) is 5.10 Å². The van der Waals surface area contributed by atoms with Crippen molar-refractivity contribution in [3.05, 3.63) is 29.8 Å². The van der Waals surface area contributed by atoms with Crippen LogP contribution in [0.1, 0.15) is 5.56 Å². The standard InChI is InChI=1S/C12H8F7N3O/c13-10(14,11(15,16)17)12(18,19)22-21-7-8-1-3-9(4-2-8)23-6-5-20/h1-4,7,22H,6H2/b21-7+. The zero-order valence-electron chi connectivity index (χ0n) is 11.0. The minimum absolute atomic E-state index is 0.118. The van der Waals surface area contributed by atoms with Gasteiger partial charge in [-0.3, -0.25) is 0 Å². The predicted octanol–water partition coefficient (Wildman–Crippen LogP) is 3.30. The molecule has 0 aromatic heterocycles. The van der Waals surface area contributed by atoms with Crippen LogP contribution >= 0.6 is 0 Å². The maximum atomic E-state index is 12.9. The van der Waals surface area contributed by atoms with Gasteiger partial charge in [0.05, 0.1) is 6.21 Å². The summed E-state index contributed by atoms with van der Waals surface area (Å²) >= 11 is 0. The number of hydrogen-bond acceptors (Lipinski definition) is 4. The minimum atomic E-state index is -6.43. The Kier molecular flexibility index (Phi) is 5.42. The van der Waals surface area contributed by atoms with E-state index in [2.05, 4.69) is 5.10 Å². The Bertz CT molecular complexity index is 590. The van der Waals surface area contributed by atoms with Crippen LogP contribution in [0.25, 0.3) is 0 Å². The van der Waals surface area contributed by atoms with E-state index in [1.165, 1.54) is 24.3 Å². The average molecular weight is 343 g/mol. The lowest BCUT2D eigenvalue weighted by Crippen LogP contribution is -2.58. The number of hydrazone groups is 1. The summed E-state index contributed by atoms with van der Waals surface area (Å²) < 4.78 is 91.3. The first kappa shape index (κ1) is 18.5. The fraction of sp³-hybridized carbons (Fsp3) is 0.333. The van der Waals surface area contributed by atoms with Crippen LogP contribution in [-0.4, -0.2) is 31.0 Å². The molecule has 0 aliphatic heterocycles. The molecule has 0 atom stereocenters. The first-order chi connectivity index (χ1) is 10.5. The number of halogens is 7. The lowest BCUT2D eigenvalue weighted by Gasteiger charge is -2.27. The van der Waals surface area contributed by atoms with Gasteiger partial charge in [-0.05, 0) is 29.8 Å². The van der Waals surface area contributed by atoms with Crippen LogP contribution in [0.4, 0.5) is 30.7 Å². The number of ether oxygens (including phenoxy) is 1. The van der Waals surface area contributed by atoms with Gasteiger partial charge in [-0.25, -0.2) is 5.43 Å². The zero-order chi connectivity index (χ0) is 17.7. The SMILES string of the molecule is N#CCOc1ccc(/C=N/NC(F)(F)C(F)(F)C(F)(F)F)cc1. The molecule has 0 spiro atoms. The molecule has 23 heavy (non-hydrogen) atoms. The molecule has 0 amide bonds. The molecule has 0 aliphatic carbocycles. The van der Waals surface area contributed by atoms with Gasteiger partial charge in [0.1, 0.15) is 11.8 Å². The maximum Gasteiger partial charge on any atom is 0.462 e. The number of hydrogen-bond donors (Lipinski definition) is 1. The summed E-state index contributed by atoms with van der Waals surface area (Å²) in [6.45, 7) is -0.228. The number of alkyl halides is 7. The fourth-order valence-electron chi connectivity index (χ4n) is 1.20. The number of benzene rings is 1. The van der Waals surface area contributed by atoms with Crippen molar-refractivity contribution in [2.45, 2.75) is 18.1 Å². The molecule has 1 rings (SSSR count). The van der Waals surface area contributed by atoms with Crippen molar-refractivity contribution in [3.63, 3.8) is 0 Å². The van der Waals surface area contributed by atoms with E-state index in [1.807, 2.05) is 0 Å². The molecule has 126 valence electrons. The van der Waals surface area contributed by atoms with Crippen molar-refractivity contribution in [3.8, 4) is 11.8 Å². The second kappa shape index (κ2) is 6.72. The highest BCUT2D eigenvalue weighted by Gasteiger charge is 2.73. The third kappa shape index (κ3) is 4.48. The van der Waals surface area contributed by atoms with E-state index in [4.69, 9.17) is 10.00 Å². The Balaban J connectivity index is 2.73. The van der Waals surface area contributed by atoms with Gasteiger partial charge in [-0.15, -0.1) is 0 Å². The van der Waals surface area contributed by atoms with Crippen LogP contribution in [0, 0.1) is 11.3 Å². The molecule has 0 bridgehead atoms. The van der Waals surface area contributed by atoms with Gasteiger partial charge in [-0.2, -0.15) is 41.1 Å². The molecule has 0 saturated heterocycles. The van der Waals surface area contributed by atoms with E-state index in [-0.39, 0.29) is 17.9 Å². The first-order valence-corrected chi connectivity index (χ1v) is 5.73. The van der Waals surface area contributed by atoms with Crippen molar-refractivity contribution >= 4 is 6.21 Å². The van der Waals surface area contributed by atoms with Gasteiger partial charge in [0.2, 0.25) is 0 Å². The van der Waals surface area contributed by atoms with Crippen LogP contribution in [0.5, 0.6) is 5.75 Å². The summed E-state index contributed by atoms with van der Waals surface area (Å²) in [5, 5.41) is 11.0. The van der Waals surface area contributed by atoms with E-state index in [0.717, 1.165) is 0 Å². The Morgan fingerprint density at radius 1 is 1.09 bits per heavy atom. The second-order valence-corrected chi connectivity index (χ2v) is 4.03. The molecule has 0 unspecified atom stereocenters. The third-order valence-corrected chi connectivity index (χ3v) is 2.35. The smallest absolute Gasteiger partial charge is 0.462 e. The highest BCUT2D eigenvalue weighted by Crippen LogP contribution is 2.44. The van der Waals surface area contributed by atoms with Gasteiger partial charge in [0.25, 0.3) is 0 Å². The Labute approximate surface area is 125 Å². The second-order valence-electron chi connectivity index (χ2n) is 4.03. The average Bonchev–Trinajstić information content (AvgIpc) is 2.45. The molecule has 0 fully saturated rings.